The molecular weight excluding hydrogens is 222 g/mol. The van der Waals surface area contributed by atoms with Crippen LogP contribution in [0, 0.1) is 0 Å². The molecule has 0 bridgehead atoms. The van der Waals surface area contributed by atoms with Crippen LogP contribution in [0.4, 0.5) is 0 Å². The van der Waals surface area contributed by atoms with Gasteiger partial charge < -0.3 is 5.32 Å². The molecule has 0 aliphatic carbocycles. The summed E-state index contributed by atoms with van der Waals surface area (Å²) in [6.45, 7) is 3.32. The highest BCUT2D eigenvalue weighted by Gasteiger charge is 2.33. The first kappa shape index (κ1) is 12.4. The van der Waals surface area contributed by atoms with E-state index in [-0.39, 0.29) is 10.8 Å². The minimum Gasteiger partial charge on any atom is -0.312 e. The first-order valence-electron chi connectivity index (χ1n) is 6.48. The lowest BCUT2D eigenvalue weighted by atomic mass is 9.92. The van der Waals surface area contributed by atoms with Crippen LogP contribution in [0.5, 0.6) is 0 Å². The average molecular weight is 245 g/mol. The Morgan fingerprint density at radius 2 is 2.12 bits per heavy atom. The van der Waals surface area contributed by atoms with Crippen LogP contribution in [0.15, 0.2) is 0 Å². The summed E-state index contributed by atoms with van der Waals surface area (Å²) < 4.78 is 23.7. The SMILES string of the molecule is CC1(CCC2CCCCS2(=O)=O)CCCN1. The Morgan fingerprint density at radius 1 is 1.31 bits per heavy atom. The van der Waals surface area contributed by atoms with E-state index in [0.29, 0.717) is 5.75 Å². The molecule has 2 saturated heterocycles. The van der Waals surface area contributed by atoms with Crippen molar-refractivity contribution in [1.82, 2.24) is 5.32 Å². The van der Waals surface area contributed by atoms with E-state index < -0.39 is 9.84 Å². The van der Waals surface area contributed by atoms with Gasteiger partial charge in [-0.05, 0) is 52.0 Å². The zero-order chi connectivity index (χ0) is 11.6. The van der Waals surface area contributed by atoms with Crippen LogP contribution in [0.2, 0.25) is 0 Å². The fourth-order valence-corrected chi connectivity index (χ4v) is 4.94. The van der Waals surface area contributed by atoms with Crippen molar-refractivity contribution >= 4 is 9.84 Å². The van der Waals surface area contributed by atoms with E-state index in [1.807, 2.05) is 0 Å². The number of hydrogen-bond acceptors (Lipinski definition) is 3. The molecule has 0 aromatic heterocycles. The molecule has 2 unspecified atom stereocenters. The standard InChI is InChI=1S/C12H23NO2S/c1-12(7-4-9-13-12)8-6-11-5-2-3-10-16(11,14)15/h11,13H,2-10H2,1H3. The van der Waals surface area contributed by atoms with Crippen molar-refractivity contribution < 1.29 is 8.42 Å². The smallest absolute Gasteiger partial charge is 0.153 e. The van der Waals surface area contributed by atoms with E-state index in [4.69, 9.17) is 0 Å². The quantitative estimate of drug-likeness (QED) is 0.825. The van der Waals surface area contributed by atoms with E-state index in [9.17, 15) is 8.42 Å². The lowest BCUT2D eigenvalue weighted by Crippen LogP contribution is -2.38. The molecule has 2 aliphatic rings. The zero-order valence-corrected chi connectivity index (χ0v) is 11.0. The molecule has 0 spiro atoms. The van der Waals surface area contributed by atoms with Crippen LogP contribution >= 0.6 is 0 Å². The molecule has 2 heterocycles. The molecule has 0 saturated carbocycles. The van der Waals surface area contributed by atoms with Gasteiger partial charge in [-0.25, -0.2) is 8.42 Å². The largest absolute Gasteiger partial charge is 0.312 e. The van der Waals surface area contributed by atoms with E-state index in [0.717, 1.165) is 38.6 Å². The summed E-state index contributed by atoms with van der Waals surface area (Å²) in [5.41, 5.74) is 0.201. The number of rotatable bonds is 3. The Labute approximate surface area is 98.9 Å². The van der Waals surface area contributed by atoms with Gasteiger partial charge >= 0.3 is 0 Å². The summed E-state index contributed by atoms with van der Waals surface area (Å²) in [7, 11) is -2.77. The first-order valence-corrected chi connectivity index (χ1v) is 8.20. The molecule has 4 heteroatoms. The van der Waals surface area contributed by atoms with Crippen LogP contribution in [0.25, 0.3) is 0 Å². The summed E-state index contributed by atoms with van der Waals surface area (Å²) in [6.07, 6.45) is 7.14. The normalized spacial score (nSPS) is 38.7. The van der Waals surface area contributed by atoms with Crippen LogP contribution < -0.4 is 5.32 Å². The van der Waals surface area contributed by atoms with Crippen molar-refractivity contribution in [2.24, 2.45) is 0 Å². The van der Waals surface area contributed by atoms with Crippen molar-refractivity contribution in [3.8, 4) is 0 Å². The van der Waals surface area contributed by atoms with E-state index in [1.165, 1.54) is 12.8 Å². The van der Waals surface area contributed by atoms with Crippen LogP contribution in [0.3, 0.4) is 0 Å². The van der Waals surface area contributed by atoms with Crippen molar-refractivity contribution in [2.45, 2.75) is 62.7 Å². The Bertz CT molecular complexity index is 331. The molecule has 2 atom stereocenters. The predicted molar refractivity (Wildman–Crippen MR) is 66.3 cm³/mol. The maximum absolute atomic E-state index is 11.9. The molecule has 2 aliphatic heterocycles. The second-order valence-corrected chi connectivity index (χ2v) is 8.02. The molecule has 1 N–H and O–H groups in total. The third-order valence-electron chi connectivity index (χ3n) is 4.19. The van der Waals surface area contributed by atoms with Gasteiger partial charge in [-0.3, -0.25) is 0 Å². The average Bonchev–Trinajstić information content (AvgIpc) is 2.64. The monoisotopic (exact) mass is 245 g/mol. The van der Waals surface area contributed by atoms with Gasteiger partial charge in [0.15, 0.2) is 9.84 Å². The molecule has 0 radical (unpaired) electrons. The van der Waals surface area contributed by atoms with Crippen molar-refractivity contribution in [1.29, 1.82) is 0 Å². The van der Waals surface area contributed by atoms with E-state index in [2.05, 4.69) is 12.2 Å². The Morgan fingerprint density at radius 3 is 2.75 bits per heavy atom. The highest BCUT2D eigenvalue weighted by molar-refractivity contribution is 7.92. The first-order chi connectivity index (χ1) is 7.52. The van der Waals surface area contributed by atoms with Crippen LogP contribution in [0.1, 0.15) is 51.9 Å². The molecule has 94 valence electrons. The molecule has 0 aromatic carbocycles. The van der Waals surface area contributed by atoms with E-state index >= 15 is 0 Å². The Balaban J connectivity index is 1.89. The Kier molecular flexibility index (Phi) is 3.59. The predicted octanol–water partition coefficient (Wildman–Crippen LogP) is 1.88. The molecule has 2 rings (SSSR count). The van der Waals surface area contributed by atoms with Gasteiger partial charge in [0.25, 0.3) is 0 Å². The molecule has 3 nitrogen and oxygen atoms in total. The second kappa shape index (κ2) is 4.65. The summed E-state index contributed by atoms with van der Waals surface area (Å²) in [5, 5.41) is 3.45. The highest BCUT2D eigenvalue weighted by Crippen LogP contribution is 2.29. The minimum atomic E-state index is -2.77. The molecule has 0 aromatic rings. The molecule has 0 amide bonds. The fourth-order valence-electron chi connectivity index (χ4n) is 3.00. The lowest BCUT2D eigenvalue weighted by molar-refractivity contribution is 0.363. The molecule has 16 heavy (non-hydrogen) atoms. The summed E-state index contributed by atoms with van der Waals surface area (Å²) in [6, 6.07) is 0. The van der Waals surface area contributed by atoms with E-state index in [1.54, 1.807) is 0 Å². The maximum atomic E-state index is 11.9. The van der Waals surface area contributed by atoms with Gasteiger partial charge in [0.05, 0.1) is 11.0 Å². The van der Waals surface area contributed by atoms with Crippen LogP contribution in [-0.4, -0.2) is 31.5 Å². The maximum Gasteiger partial charge on any atom is 0.153 e. The van der Waals surface area contributed by atoms with Gasteiger partial charge in [0.2, 0.25) is 0 Å². The summed E-state index contributed by atoms with van der Waals surface area (Å²) in [5.74, 6) is 0.418. The van der Waals surface area contributed by atoms with Gasteiger partial charge in [-0.2, -0.15) is 0 Å². The third-order valence-corrected chi connectivity index (χ3v) is 6.53. The Hall–Kier alpha value is -0.0900. The number of nitrogens with one attached hydrogen (secondary N) is 1. The van der Waals surface area contributed by atoms with Crippen molar-refractivity contribution in [3.63, 3.8) is 0 Å². The van der Waals surface area contributed by atoms with Crippen molar-refractivity contribution in [3.05, 3.63) is 0 Å². The molecule has 2 fully saturated rings. The van der Waals surface area contributed by atoms with Crippen molar-refractivity contribution in [2.75, 3.05) is 12.3 Å². The molecular formula is C12H23NO2S. The topological polar surface area (TPSA) is 46.2 Å². The summed E-state index contributed by atoms with van der Waals surface area (Å²) >= 11 is 0. The minimum absolute atomic E-state index is 0.0551. The van der Waals surface area contributed by atoms with Gasteiger partial charge in [0.1, 0.15) is 0 Å². The van der Waals surface area contributed by atoms with Gasteiger partial charge in [-0.1, -0.05) is 6.42 Å². The number of sulfone groups is 1. The second-order valence-electron chi connectivity index (χ2n) is 5.61. The van der Waals surface area contributed by atoms with Gasteiger partial charge in [0, 0.05) is 5.54 Å². The third kappa shape index (κ3) is 2.77. The highest BCUT2D eigenvalue weighted by atomic mass is 32.2. The zero-order valence-electron chi connectivity index (χ0n) is 10.2. The summed E-state index contributed by atoms with van der Waals surface area (Å²) in [4.78, 5) is 0. The lowest BCUT2D eigenvalue weighted by Gasteiger charge is -2.28. The number of hydrogen-bond donors (Lipinski definition) is 1. The van der Waals surface area contributed by atoms with Gasteiger partial charge in [-0.15, -0.1) is 0 Å². The van der Waals surface area contributed by atoms with Crippen LogP contribution in [-0.2, 0) is 9.84 Å². The fraction of sp³-hybridized carbons (Fsp3) is 1.00.